The third kappa shape index (κ3) is 4.85. The summed E-state index contributed by atoms with van der Waals surface area (Å²) in [6.45, 7) is 13.0. The summed E-state index contributed by atoms with van der Waals surface area (Å²) in [4.78, 5) is 1.09. The summed E-state index contributed by atoms with van der Waals surface area (Å²) in [5.74, 6) is 0. The first kappa shape index (κ1) is 20.2. The van der Waals surface area contributed by atoms with Gasteiger partial charge in [0, 0.05) is 8.48 Å². The van der Waals surface area contributed by atoms with Crippen LogP contribution in [0.15, 0.2) is 66.1 Å². The fraction of sp³-hybridized carbons (Fsp3) is 0.200. The molecular formula is C25H25IS. The lowest BCUT2D eigenvalue weighted by Crippen LogP contribution is -1.94. The summed E-state index contributed by atoms with van der Waals surface area (Å²) >= 11 is 4.13. The van der Waals surface area contributed by atoms with E-state index in [-0.39, 0.29) is 0 Å². The van der Waals surface area contributed by atoms with E-state index in [9.17, 15) is 0 Å². The van der Waals surface area contributed by atoms with E-state index in [1.807, 2.05) is 0 Å². The maximum Gasteiger partial charge on any atom is 0.0162 e. The van der Waals surface area contributed by atoms with Gasteiger partial charge in [-0.2, -0.15) is 0 Å². The monoisotopic (exact) mass is 484 g/mol. The Morgan fingerprint density at radius 2 is 1.78 bits per heavy atom. The highest BCUT2D eigenvalue weighted by Crippen LogP contribution is 2.31. The Balaban J connectivity index is 1.73. The normalized spacial score (nSPS) is 11.8. The molecule has 0 aliphatic rings. The number of aryl methyl sites for hydroxylation is 3. The minimum Gasteiger partial charge on any atom is -0.0981 e. The molecule has 0 atom stereocenters. The van der Waals surface area contributed by atoms with Crippen molar-refractivity contribution in [3.63, 3.8) is 0 Å². The Hall–Kier alpha value is -1.52. The van der Waals surface area contributed by atoms with Crippen LogP contribution in [-0.4, -0.2) is 0 Å². The molecule has 0 aromatic heterocycles. The number of thioether (sulfide) groups is 1. The van der Waals surface area contributed by atoms with Crippen molar-refractivity contribution >= 4 is 50.0 Å². The standard InChI is InChI=1S/C25H25IS/c1-16(11-23-12-19(4)25(26)13-18(23)3)15-27-20(5)21-9-10-24-17(2)7-6-8-22(24)14-21/h6-10,12-15H,5,11H2,1-4H3/b16-15+. The van der Waals surface area contributed by atoms with Gasteiger partial charge in [0.15, 0.2) is 0 Å². The van der Waals surface area contributed by atoms with Crippen LogP contribution < -0.4 is 0 Å². The molecule has 0 amide bonds. The first-order chi connectivity index (χ1) is 12.8. The Morgan fingerprint density at radius 3 is 2.56 bits per heavy atom. The van der Waals surface area contributed by atoms with Gasteiger partial charge in [-0.3, -0.25) is 0 Å². The minimum absolute atomic E-state index is 0.987. The number of fused-ring (bicyclic) bond motifs is 1. The van der Waals surface area contributed by atoms with E-state index in [2.05, 4.69) is 111 Å². The van der Waals surface area contributed by atoms with Crippen LogP contribution >= 0.6 is 34.4 Å². The van der Waals surface area contributed by atoms with E-state index in [1.165, 1.54) is 47.7 Å². The van der Waals surface area contributed by atoms with Crippen molar-refractivity contribution in [2.75, 3.05) is 0 Å². The maximum absolute atomic E-state index is 4.29. The number of benzene rings is 3. The highest BCUT2D eigenvalue weighted by molar-refractivity contribution is 14.1. The molecule has 0 spiro atoms. The Kier molecular flexibility index (Phi) is 6.48. The minimum atomic E-state index is 0.987. The molecule has 3 rings (SSSR count). The molecule has 27 heavy (non-hydrogen) atoms. The molecule has 138 valence electrons. The molecule has 0 heterocycles. The largest absolute Gasteiger partial charge is 0.0981 e. The van der Waals surface area contributed by atoms with Gasteiger partial charge in [-0.05, 0) is 113 Å². The summed E-state index contributed by atoms with van der Waals surface area (Å²) in [5, 5.41) is 4.84. The maximum atomic E-state index is 4.29. The van der Waals surface area contributed by atoms with Crippen LogP contribution in [0.4, 0.5) is 0 Å². The average molecular weight is 484 g/mol. The van der Waals surface area contributed by atoms with Gasteiger partial charge in [0.2, 0.25) is 0 Å². The molecule has 0 saturated heterocycles. The zero-order valence-corrected chi connectivity index (χ0v) is 19.4. The van der Waals surface area contributed by atoms with E-state index in [1.54, 1.807) is 11.8 Å². The lowest BCUT2D eigenvalue weighted by Gasteiger charge is -2.10. The van der Waals surface area contributed by atoms with Gasteiger partial charge in [-0.15, -0.1) is 0 Å². The van der Waals surface area contributed by atoms with Gasteiger partial charge < -0.3 is 0 Å². The molecule has 0 N–H and O–H groups in total. The van der Waals surface area contributed by atoms with Crippen LogP contribution in [-0.2, 0) is 6.42 Å². The van der Waals surface area contributed by atoms with Crippen LogP contribution in [0.1, 0.15) is 34.7 Å². The van der Waals surface area contributed by atoms with Crippen molar-refractivity contribution in [2.24, 2.45) is 0 Å². The zero-order valence-electron chi connectivity index (χ0n) is 16.4. The number of allylic oxidation sites excluding steroid dienone is 1. The molecular weight excluding hydrogens is 459 g/mol. The first-order valence-corrected chi connectivity index (χ1v) is 11.1. The Labute approximate surface area is 180 Å². The average Bonchev–Trinajstić information content (AvgIpc) is 2.64. The van der Waals surface area contributed by atoms with Crippen molar-refractivity contribution < 1.29 is 0 Å². The Morgan fingerprint density at radius 1 is 1.00 bits per heavy atom. The van der Waals surface area contributed by atoms with Crippen LogP contribution in [0, 0.1) is 24.3 Å². The molecule has 0 saturated carbocycles. The molecule has 0 aliphatic heterocycles. The zero-order chi connectivity index (χ0) is 19.6. The second kappa shape index (κ2) is 8.66. The lowest BCUT2D eigenvalue weighted by atomic mass is 10.00. The predicted molar refractivity (Wildman–Crippen MR) is 131 cm³/mol. The number of rotatable bonds is 5. The van der Waals surface area contributed by atoms with Gasteiger partial charge in [-0.1, -0.05) is 60.3 Å². The molecule has 0 aliphatic carbocycles. The van der Waals surface area contributed by atoms with Gasteiger partial charge in [0.1, 0.15) is 0 Å². The van der Waals surface area contributed by atoms with E-state index in [0.717, 1.165) is 11.3 Å². The first-order valence-electron chi connectivity index (χ1n) is 9.11. The highest BCUT2D eigenvalue weighted by Gasteiger charge is 2.05. The van der Waals surface area contributed by atoms with Crippen LogP contribution in [0.25, 0.3) is 15.7 Å². The SMILES string of the molecule is C=C(S/C=C(\C)Cc1cc(C)c(I)cc1C)c1ccc2c(C)cccc2c1. The van der Waals surface area contributed by atoms with Crippen molar-refractivity contribution in [3.8, 4) is 0 Å². The molecule has 0 radical (unpaired) electrons. The molecule has 2 heteroatoms. The van der Waals surface area contributed by atoms with Crippen LogP contribution in [0.2, 0.25) is 0 Å². The van der Waals surface area contributed by atoms with Gasteiger partial charge in [-0.25, -0.2) is 0 Å². The topological polar surface area (TPSA) is 0 Å². The Bertz CT molecular complexity index is 1040. The van der Waals surface area contributed by atoms with E-state index >= 15 is 0 Å². The van der Waals surface area contributed by atoms with Crippen molar-refractivity contribution in [2.45, 2.75) is 34.1 Å². The molecule has 0 nitrogen and oxygen atoms in total. The van der Waals surface area contributed by atoms with Crippen LogP contribution in [0.5, 0.6) is 0 Å². The number of hydrogen-bond donors (Lipinski definition) is 0. The third-order valence-corrected chi connectivity index (χ3v) is 7.11. The molecule has 0 fully saturated rings. The fourth-order valence-electron chi connectivity index (χ4n) is 3.23. The molecule has 0 bridgehead atoms. The van der Waals surface area contributed by atoms with E-state index < -0.39 is 0 Å². The van der Waals surface area contributed by atoms with E-state index in [0.29, 0.717) is 0 Å². The number of halogens is 1. The van der Waals surface area contributed by atoms with Gasteiger partial charge in [0.05, 0.1) is 0 Å². The molecule has 3 aromatic carbocycles. The quantitative estimate of drug-likeness (QED) is 0.329. The second-order valence-electron chi connectivity index (χ2n) is 7.22. The van der Waals surface area contributed by atoms with Gasteiger partial charge in [0.25, 0.3) is 0 Å². The fourth-order valence-corrected chi connectivity index (χ4v) is 4.54. The summed E-state index contributed by atoms with van der Waals surface area (Å²) in [6, 6.07) is 17.7. The summed E-state index contributed by atoms with van der Waals surface area (Å²) in [5.41, 5.74) is 8.01. The summed E-state index contributed by atoms with van der Waals surface area (Å²) < 4.78 is 1.34. The number of hydrogen-bond acceptors (Lipinski definition) is 1. The van der Waals surface area contributed by atoms with E-state index in [4.69, 9.17) is 0 Å². The van der Waals surface area contributed by atoms with Crippen molar-refractivity contribution in [1.82, 2.24) is 0 Å². The summed E-state index contributed by atoms with van der Waals surface area (Å²) in [7, 11) is 0. The lowest BCUT2D eigenvalue weighted by molar-refractivity contribution is 1.11. The third-order valence-electron chi connectivity index (χ3n) is 4.91. The molecule has 3 aromatic rings. The predicted octanol–water partition coefficient (Wildman–Crippen LogP) is 8.22. The van der Waals surface area contributed by atoms with Crippen molar-refractivity contribution in [3.05, 3.63) is 97.5 Å². The van der Waals surface area contributed by atoms with Crippen LogP contribution in [0.3, 0.4) is 0 Å². The molecule has 0 unspecified atom stereocenters. The summed E-state index contributed by atoms with van der Waals surface area (Å²) in [6.07, 6.45) is 0.987. The second-order valence-corrected chi connectivity index (χ2v) is 9.35. The highest BCUT2D eigenvalue weighted by atomic mass is 127. The van der Waals surface area contributed by atoms with Gasteiger partial charge >= 0.3 is 0 Å². The smallest absolute Gasteiger partial charge is 0.0162 e. The van der Waals surface area contributed by atoms with Crippen molar-refractivity contribution in [1.29, 1.82) is 0 Å².